The first-order valence-electron chi connectivity index (χ1n) is 8.84. The fourth-order valence-corrected chi connectivity index (χ4v) is 4.31. The number of carbonyl (C=O) groups excluding carboxylic acids is 2. The summed E-state index contributed by atoms with van der Waals surface area (Å²) >= 11 is 1.38. The van der Waals surface area contributed by atoms with E-state index in [1.807, 2.05) is 23.7 Å². The number of anilines is 1. The Bertz CT molecular complexity index is 970. The molecule has 0 unspecified atom stereocenters. The number of aromatic nitrogens is 2. The number of benzene rings is 1. The minimum absolute atomic E-state index is 0.0114. The minimum Gasteiger partial charge on any atom is -0.506 e. The van der Waals surface area contributed by atoms with Gasteiger partial charge < -0.3 is 15.3 Å². The van der Waals surface area contributed by atoms with Crippen LogP contribution in [0.25, 0.3) is 4.96 Å². The first kappa shape index (κ1) is 17.5. The largest absolute Gasteiger partial charge is 0.506 e. The summed E-state index contributed by atoms with van der Waals surface area (Å²) in [6, 6.07) is 6.67. The first-order valence-corrected chi connectivity index (χ1v) is 9.66. The number of carbonyl (C=O) groups is 2. The Morgan fingerprint density at radius 1 is 1.22 bits per heavy atom. The van der Waals surface area contributed by atoms with E-state index in [0.29, 0.717) is 36.5 Å². The van der Waals surface area contributed by atoms with E-state index in [9.17, 15) is 14.7 Å². The zero-order valence-corrected chi connectivity index (χ0v) is 15.7. The fraction of sp³-hybridized carbons (Fsp3) is 0.316. The van der Waals surface area contributed by atoms with Gasteiger partial charge in [0, 0.05) is 31.4 Å². The van der Waals surface area contributed by atoms with E-state index < -0.39 is 0 Å². The average Bonchev–Trinajstić information content (AvgIpc) is 3.20. The van der Waals surface area contributed by atoms with E-state index in [1.165, 1.54) is 17.4 Å². The van der Waals surface area contributed by atoms with E-state index in [0.717, 1.165) is 10.7 Å². The molecule has 8 heteroatoms. The van der Waals surface area contributed by atoms with Gasteiger partial charge in [-0.25, -0.2) is 4.98 Å². The lowest BCUT2D eigenvalue weighted by molar-refractivity contribution is -0.121. The molecular weight excluding hydrogens is 364 g/mol. The van der Waals surface area contributed by atoms with Crippen molar-refractivity contribution in [1.29, 1.82) is 0 Å². The Morgan fingerprint density at radius 3 is 2.67 bits per heavy atom. The zero-order valence-electron chi connectivity index (χ0n) is 14.9. The number of thiazole rings is 1. The second-order valence-electron chi connectivity index (χ2n) is 6.74. The third-order valence-electron chi connectivity index (χ3n) is 4.80. The summed E-state index contributed by atoms with van der Waals surface area (Å²) in [7, 11) is 0. The summed E-state index contributed by atoms with van der Waals surface area (Å²) in [4.78, 5) is 32.8. The molecule has 3 aromatic rings. The topological polar surface area (TPSA) is 86.9 Å². The standard InChI is InChI=1S/C19H20N4O3S/c1-12-10-23-11-16(27-19(23)20-12)18(26)22-8-6-13(7-9-22)17(25)21-14-4-2-3-5-15(14)24/h2-5,10-11,13,24H,6-9H2,1H3,(H,21,25). The molecule has 2 N–H and O–H groups in total. The van der Waals surface area contributed by atoms with Gasteiger partial charge in [-0.15, -0.1) is 0 Å². The van der Waals surface area contributed by atoms with Gasteiger partial charge in [0.25, 0.3) is 5.91 Å². The second-order valence-corrected chi connectivity index (χ2v) is 7.75. The summed E-state index contributed by atoms with van der Waals surface area (Å²) in [5.41, 5.74) is 1.34. The maximum absolute atomic E-state index is 12.7. The molecule has 0 saturated carbocycles. The quantitative estimate of drug-likeness (QED) is 0.680. The lowest BCUT2D eigenvalue weighted by Crippen LogP contribution is -2.41. The molecule has 0 spiro atoms. The van der Waals surface area contributed by atoms with E-state index in [2.05, 4.69) is 10.3 Å². The highest BCUT2D eigenvalue weighted by Gasteiger charge is 2.29. The molecule has 1 aromatic carbocycles. The second kappa shape index (κ2) is 7.03. The number of imidazole rings is 1. The highest BCUT2D eigenvalue weighted by molar-refractivity contribution is 7.18. The van der Waals surface area contributed by atoms with Gasteiger partial charge in [0.1, 0.15) is 10.6 Å². The van der Waals surface area contributed by atoms with Crippen molar-refractivity contribution in [2.45, 2.75) is 19.8 Å². The van der Waals surface area contributed by atoms with E-state index >= 15 is 0 Å². The monoisotopic (exact) mass is 384 g/mol. The average molecular weight is 384 g/mol. The van der Waals surface area contributed by atoms with Crippen molar-refractivity contribution in [3.8, 4) is 5.75 Å². The van der Waals surface area contributed by atoms with Gasteiger partial charge in [-0.2, -0.15) is 0 Å². The molecule has 7 nitrogen and oxygen atoms in total. The SMILES string of the molecule is Cc1cn2cc(C(=O)N3CCC(C(=O)Nc4ccccc4O)CC3)sc2n1. The molecule has 1 aliphatic heterocycles. The molecule has 1 fully saturated rings. The predicted octanol–water partition coefficient (Wildman–Crippen LogP) is 2.90. The number of nitrogens with zero attached hydrogens (tertiary/aromatic N) is 3. The lowest BCUT2D eigenvalue weighted by atomic mass is 9.95. The van der Waals surface area contributed by atoms with Crippen LogP contribution in [0.4, 0.5) is 5.69 Å². The van der Waals surface area contributed by atoms with E-state index in [1.54, 1.807) is 23.1 Å². The molecule has 3 heterocycles. The van der Waals surface area contributed by atoms with Gasteiger partial charge in [-0.1, -0.05) is 23.5 Å². The third kappa shape index (κ3) is 3.52. The summed E-state index contributed by atoms with van der Waals surface area (Å²) in [6.07, 6.45) is 4.93. The zero-order chi connectivity index (χ0) is 19.0. The number of rotatable bonds is 3. The van der Waals surface area contributed by atoms with Gasteiger partial charge in [0.05, 0.1) is 11.4 Å². The van der Waals surface area contributed by atoms with E-state index in [-0.39, 0.29) is 23.5 Å². The van der Waals surface area contributed by atoms with Crippen LogP contribution in [0.5, 0.6) is 5.75 Å². The molecular formula is C19H20N4O3S. The van der Waals surface area contributed by atoms with Crippen LogP contribution in [0, 0.1) is 12.8 Å². The molecule has 2 amide bonds. The van der Waals surface area contributed by atoms with Crippen molar-refractivity contribution < 1.29 is 14.7 Å². The highest BCUT2D eigenvalue weighted by atomic mass is 32.1. The Balaban J connectivity index is 1.36. The predicted molar refractivity (Wildman–Crippen MR) is 103 cm³/mol. The van der Waals surface area contributed by atoms with Crippen molar-refractivity contribution in [2.24, 2.45) is 5.92 Å². The Labute approximate surface area is 160 Å². The number of hydrogen-bond donors (Lipinski definition) is 2. The van der Waals surface area contributed by atoms with Crippen molar-refractivity contribution in [2.75, 3.05) is 18.4 Å². The van der Waals surface area contributed by atoms with Crippen molar-refractivity contribution in [3.63, 3.8) is 0 Å². The number of amides is 2. The molecule has 1 saturated heterocycles. The molecule has 0 aliphatic carbocycles. The molecule has 0 bridgehead atoms. The van der Waals surface area contributed by atoms with Gasteiger partial charge in [-0.3, -0.25) is 14.0 Å². The summed E-state index contributed by atoms with van der Waals surface area (Å²) in [5, 5.41) is 12.6. The van der Waals surface area contributed by atoms with Gasteiger partial charge in [0.2, 0.25) is 5.91 Å². The summed E-state index contributed by atoms with van der Waals surface area (Å²) < 4.78 is 1.87. The summed E-state index contributed by atoms with van der Waals surface area (Å²) in [6.45, 7) is 3.00. The molecule has 27 heavy (non-hydrogen) atoms. The van der Waals surface area contributed by atoms with Crippen LogP contribution in [-0.4, -0.2) is 44.3 Å². The number of fused-ring (bicyclic) bond motifs is 1. The van der Waals surface area contributed by atoms with Crippen molar-refractivity contribution in [1.82, 2.24) is 14.3 Å². The maximum Gasteiger partial charge on any atom is 0.265 e. The van der Waals surface area contributed by atoms with Crippen LogP contribution >= 0.6 is 11.3 Å². The van der Waals surface area contributed by atoms with Crippen LogP contribution in [-0.2, 0) is 4.79 Å². The first-order chi connectivity index (χ1) is 13.0. The van der Waals surface area contributed by atoms with E-state index in [4.69, 9.17) is 0 Å². The molecule has 1 aliphatic rings. The van der Waals surface area contributed by atoms with Gasteiger partial charge >= 0.3 is 0 Å². The number of hydrogen-bond acceptors (Lipinski definition) is 5. The number of para-hydroxylation sites is 2. The van der Waals surface area contributed by atoms with Crippen LogP contribution < -0.4 is 5.32 Å². The maximum atomic E-state index is 12.7. The number of aryl methyl sites for hydroxylation is 1. The number of nitrogens with one attached hydrogen (secondary N) is 1. The van der Waals surface area contributed by atoms with Crippen LogP contribution in [0.15, 0.2) is 36.7 Å². The van der Waals surface area contributed by atoms with Crippen LogP contribution in [0.3, 0.4) is 0 Å². The highest BCUT2D eigenvalue weighted by Crippen LogP contribution is 2.26. The minimum atomic E-state index is -0.169. The number of piperidine rings is 1. The summed E-state index contributed by atoms with van der Waals surface area (Å²) in [5.74, 6) is -0.246. The third-order valence-corrected chi connectivity index (χ3v) is 5.79. The Hall–Kier alpha value is -2.87. The normalized spacial score (nSPS) is 15.2. The van der Waals surface area contributed by atoms with Gasteiger partial charge in [0.15, 0.2) is 4.96 Å². The molecule has 4 rings (SSSR count). The molecule has 140 valence electrons. The molecule has 0 radical (unpaired) electrons. The number of likely N-dealkylation sites (tertiary alicyclic amines) is 1. The van der Waals surface area contributed by atoms with Gasteiger partial charge in [-0.05, 0) is 31.9 Å². The number of phenolic OH excluding ortho intramolecular Hbond substituents is 1. The number of phenols is 1. The fourth-order valence-electron chi connectivity index (χ4n) is 3.33. The lowest BCUT2D eigenvalue weighted by Gasteiger charge is -2.31. The van der Waals surface area contributed by atoms with Crippen LogP contribution in [0.1, 0.15) is 28.2 Å². The van der Waals surface area contributed by atoms with Crippen molar-refractivity contribution >= 4 is 33.8 Å². The molecule has 0 atom stereocenters. The smallest absolute Gasteiger partial charge is 0.265 e. The molecule has 2 aromatic heterocycles. The Morgan fingerprint density at radius 2 is 1.96 bits per heavy atom. The van der Waals surface area contributed by atoms with Crippen molar-refractivity contribution in [3.05, 3.63) is 47.2 Å². The van der Waals surface area contributed by atoms with Crippen LogP contribution in [0.2, 0.25) is 0 Å². The Kier molecular flexibility index (Phi) is 4.57. The number of aromatic hydroxyl groups is 1.